The van der Waals surface area contributed by atoms with E-state index in [2.05, 4.69) is 84.3 Å². The summed E-state index contributed by atoms with van der Waals surface area (Å²) in [7, 11) is -2.05. The largest absolute Gasteiger partial charge is 0.418 e. The van der Waals surface area contributed by atoms with Gasteiger partial charge in [0.15, 0.2) is 19.7 Å². The van der Waals surface area contributed by atoms with Crippen LogP contribution in [0.5, 0.6) is 0 Å². The molecule has 2 aromatic heterocycles. The van der Waals surface area contributed by atoms with E-state index in [1.165, 1.54) is 0 Å². The Morgan fingerprint density at radius 1 is 0.656 bits per heavy atom. The van der Waals surface area contributed by atoms with Crippen LogP contribution in [-0.2, 0) is 4.43 Å². The number of aliphatic hydroxyl groups is 1. The second kappa shape index (κ2) is 19.7. The summed E-state index contributed by atoms with van der Waals surface area (Å²) in [6.45, 7) is 43.1. The van der Waals surface area contributed by atoms with Crippen molar-refractivity contribution in [3.63, 3.8) is 0 Å². The average Bonchev–Trinajstić information content (AvgIpc) is 3.96. The number of halogens is 2. The van der Waals surface area contributed by atoms with E-state index in [0.717, 1.165) is 16.8 Å². The lowest BCUT2D eigenvalue weighted by molar-refractivity contribution is 0.256. The van der Waals surface area contributed by atoms with Crippen LogP contribution in [0.1, 0.15) is 55.8 Å². The maximum atomic E-state index is 9.74. The molecule has 61 heavy (non-hydrogen) atoms. The van der Waals surface area contributed by atoms with Crippen molar-refractivity contribution in [2.45, 2.75) is 64.8 Å². The first-order valence-electron chi connectivity index (χ1n) is 18.8. The van der Waals surface area contributed by atoms with Gasteiger partial charge >= 0.3 is 0 Å². The number of anilines is 2. The van der Waals surface area contributed by atoms with Crippen molar-refractivity contribution in [1.29, 1.82) is 0 Å². The SMILES string of the molecule is [C-]#[N+]c1ccc(-c2nnc([C@@H](CO)Nc3ccc([N+]#[C-])c(Cl)c3C)o2)cc1.[C-]#[N+]c1ccc(-c2nnc([C@@H](CO[Si](C)(C)C(C)(C)C)Nc3ccc([N+]#[C-])c(Cl)c3C)o2)cc1. The smallest absolute Gasteiger partial charge is 0.247 e. The molecule has 4 aromatic carbocycles. The molecule has 0 unspecified atom stereocenters. The molecular weight excluding hydrogens is 832 g/mol. The predicted molar refractivity (Wildman–Crippen MR) is 240 cm³/mol. The van der Waals surface area contributed by atoms with Crippen LogP contribution < -0.4 is 10.6 Å². The van der Waals surface area contributed by atoms with Crippen LogP contribution in [0.15, 0.2) is 81.6 Å². The molecule has 2 heterocycles. The Hall–Kier alpha value is -6.56. The first-order chi connectivity index (χ1) is 29.0. The molecule has 17 heteroatoms. The minimum atomic E-state index is -2.05. The standard InChI is InChI=1S/C25H28ClN5O2Si.C19H14ClN5O2/c1-16-19(13-14-20(28-6)22(16)26)29-21(15-32-34(7,8)25(2,3)4)24-31-30-23(33-24)17-9-11-18(27-5)12-10-17;1-11-14(8-9-15(22-3)17(11)20)23-16(10-26)19-25-24-18(27-19)12-4-6-13(21-2)7-5-12/h9-14,21,29H,15H2,1-4,7-8H3;4-9,16,23,26H,10H2,1H3/t21-;16-/m11/s1. The van der Waals surface area contributed by atoms with Crippen LogP contribution in [0.3, 0.4) is 0 Å². The van der Waals surface area contributed by atoms with Crippen molar-refractivity contribution in [2.24, 2.45) is 0 Å². The van der Waals surface area contributed by atoms with Crippen molar-refractivity contribution in [3.05, 3.63) is 151 Å². The molecule has 0 saturated heterocycles. The van der Waals surface area contributed by atoms with E-state index in [9.17, 15) is 5.11 Å². The number of aliphatic hydroxyl groups excluding tert-OH is 1. The highest BCUT2D eigenvalue weighted by Gasteiger charge is 2.38. The third kappa shape index (κ3) is 10.8. The predicted octanol–water partition coefficient (Wildman–Crippen LogP) is 12.9. The highest BCUT2D eigenvalue weighted by atomic mass is 35.5. The van der Waals surface area contributed by atoms with E-state index < -0.39 is 20.4 Å². The summed E-state index contributed by atoms with van der Waals surface area (Å²) in [5.41, 5.74) is 6.12. The van der Waals surface area contributed by atoms with Gasteiger partial charge in [-0.25, -0.2) is 19.4 Å². The van der Waals surface area contributed by atoms with E-state index in [4.69, 9.17) is 62.8 Å². The highest BCUT2D eigenvalue weighted by Crippen LogP contribution is 2.39. The van der Waals surface area contributed by atoms with Gasteiger partial charge in [0.2, 0.25) is 34.9 Å². The van der Waals surface area contributed by atoms with Crippen LogP contribution >= 0.6 is 23.2 Å². The zero-order chi connectivity index (χ0) is 44.5. The lowest BCUT2D eigenvalue weighted by Crippen LogP contribution is -2.42. The molecule has 14 nitrogen and oxygen atoms in total. The first-order valence-corrected chi connectivity index (χ1v) is 22.4. The average molecular weight is 874 g/mol. The number of nitrogens with one attached hydrogen (secondary N) is 2. The monoisotopic (exact) mass is 872 g/mol. The lowest BCUT2D eigenvalue weighted by Gasteiger charge is -2.37. The van der Waals surface area contributed by atoms with Gasteiger partial charge in [-0.1, -0.05) is 105 Å². The van der Waals surface area contributed by atoms with E-state index in [1.54, 1.807) is 73.7 Å². The minimum absolute atomic E-state index is 0.0404. The van der Waals surface area contributed by atoms with Crippen LogP contribution in [0, 0.1) is 40.1 Å². The number of nitrogens with zero attached hydrogens (tertiary/aromatic N) is 8. The summed E-state index contributed by atoms with van der Waals surface area (Å²) >= 11 is 12.6. The second-order valence-electron chi connectivity index (χ2n) is 15.2. The summed E-state index contributed by atoms with van der Waals surface area (Å²) in [6.07, 6.45) is 0. The van der Waals surface area contributed by atoms with Crippen LogP contribution in [0.2, 0.25) is 28.2 Å². The topological polar surface area (TPSA) is 149 Å². The zero-order valence-electron chi connectivity index (χ0n) is 34.5. The van der Waals surface area contributed by atoms with Gasteiger partial charge in [-0.05, 0) is 55.2 Å². The molecule has 6 rings (SSSR count). The molecule has 0 bridgehead atoms. The van der Waals surface area contributed by atoms with E-state index in [-0.39, 0.29) is 17.5 Å². The Morgan fingerprint density at radius 3 is 1.44 bits per heavy atom. The summed E-state index contributed by atoms with van der Waals surface area (Å²) < 4.78 is 18.2. The Morgan fingerprint density at radius 2 is 1.07 bits per heavy atom. The molecule has 0 aliphatic heterocycles. The van der Waals surface area contributed by atoms with Crippen LogP contribution in [0.4, 0.5) is 34.1 Å². The first kappa shape index (κ1) is 45.5. The Labute approximate surface area is 365 Å². The number of hydrogen-bond donors (Lipinski definition) is 3. The summed E-state index contributed by atoms with van der Waals surface area (Å²) in [4.78, 5) is 13.6. The van der Waals surface area contributed by atoms with Gasteiger partial charge in [-0.2, -0.15) is 0 Å². The van der Waals surface area contributed by atoms with Crippen molar-refractivity contribution in [1.82, 2.24) is 20.4 Å². The molecule has 0 aliphatic carbocycles. The number of hydrogen-bond acceptors (Lipinski definition) is 10. The van der Waals surface area contributed by atoms with Crippen molar-refractivity contribution in [3.8, 4) is 22.9 Å². The minimum Gasteiger partial charge on any atom is -0.418 e. The van der Waals surface area contributed by atoms with Crippen LogP contribution in [-0.4, -0.2) is 47.0 Å². The maximum Gasteiger partial charge on any atom is 0.247 e. The molecule has 0 aliphatic rings. The van der Waals surface area contributed by atoms with Gasteiger partial charge in [0.05, 0.1) is 49.5 Å². The zero-order valence-corrected chi connectivity index (χ0v) is 37.0. The molecule has 0 radical (unpaired) electrons. The van der Waals surface area contributed by atoms with Gasteiger partial charge in [0, 0.05) is 22.5 Å². The quantitative estimate of drug-likeness (QED) is 0.0801. The fourth-order valence-electron chi connectivity index (χ4n) is 5.41. The summed E-state index contributed by atoms with van der Waals surface area (Å²) in [5.74, 6) is 1.25. The summed E-state index contributed by atoms with van der Waals surface area (Å²) in [6, 6.07) is 19.6. The maximum absolute atomic E-state index is 9.74. The van der Waals surface area contributed by atoms with Gasteiger partial charge in [-0.3, -0.25) is 0 Å². The fraction of sp³-hybridized carbons (Fsp3) is 0.273. The van der Waals surface area contributed by atoms with Gasteiger partial charge in [-0.15, -0.1) is 20.4 Å². The molecular formula is C44H42Cl2N10O4Si. The normalized spacial score (nSPS) is 12.1. The third-order valence-corrected chi connectivity index (χ3v) is 15.7. The molecule has 6 aromatic rings. The van der Waals surface area contributed by atoms with Crippen molar-refractivity contribution < 1.29 is 18.4 Å². The molecule has 2 atom stereocenters. The third-order valence-electron chi connectivity index (χ3n) is 10.2. The van der Waals surface area contributed by atoms with E-state index >= 15 is 0 Å². The van der Waals surface area contributed by atoms with Gasteiger partial charge in [0.1, 0.15) is 12.1 Å². The number of rotatable bonds is 12. The molecule has 0 spiro atoms. The summed E-state index contributed by atoms with van der Waals surface area (Å²) in [5, 5.41) is 33.6. The number of benzene rings is 4. The Balaban J connectivity index is 0.000000237. The fourth-order valence-corrected chi connectivity index (χ4v) is 6.84. The van der Waals surface area contributed by atoms with Crippen molar-refractivity contribution in [2.75, 3.05) is 23.8 Å². The molecule has 0 saturated carbocycles. The molecule has 3 N–H and O–H groups in total. The number of aromatic nitrogens is 4. The molecule has 0 fully saturated rings. The second-order valence-corrected chi connectivity index (χ2v) is 20.8. The van der Waals surface area contributed by atoms with E-state index in [0.29, 0.717) is 73.9 Å². The molecule has 310 valence electrons. The van der Waals surface area contributed by atoms with E-state index in [1.807, 2.05) is 13.0 Å². The van der Waals surface area contributed by atoms with Crippen molar-refractivity contribution >= 4 is 65.6 Å². The van der Waals surface area contributed by atoms with Gasteiger partial charge in [0.25, 0.3) is 0 Å². The lowest BCUT2D eigenvalue weighted by atomic mass is 10.1. The Kier molecular flexibility index (Phi) is 14.7. The van der Waals surface area contributed by atoms with Crippen LogP contribution in [0.25, 0.3) is 42.3 Å². The Bertz CT molecular complexity index is 2670. The van der Waals surface area contributed by atoms with Gasteiger partial charge < -0.3 is 29.0 Å². The highest BCUT2D eigenvalue weighted by molar-refractivity contribution is 6.74. The molecule has 0 amide bonds.